The van der Waals surface area contributed by atoms with Gasteiger partial charge in [-0.05, 0) is 70.2 Å². The highest BCUT2D eigenvalue weighted by Gasteiger charge is 2.43. The average molecular weight is 655 g/mol. The summed E-state index contributed by atoms with van der Waals surface area (Å²) in [6.07, 6.45) is -0.0836. The lowest BCUT2D eigenvalue weighted by Crippen LogP contribution is -2.48. The van der Waals surface area contributed by atoms with Gasteiger partial charge in [0, 0.05) is 50.5 Å². The molecule has 1 aromatic heterocycles. The number of carbonyl (C=O) groups excluding carboxylic acids is 2. The monoisotopic (exact) mass is 654 g/mol. The second kappa shape index (κ2) is 14.5. The number of hydrogen-bond acceptors (Lipinski definition) is 7. The van der Waals surface area contributed by atoms with Crippen LogP contribution in [0.4, 0.5) is 13.6 Å². The maximum Gasteiger partial charge on any atom is 0.410 e. The third-order valence-electron chi connectivity index (χ3n) is 8.65. The van der Waals surface area contributed by atoms with E-state index in [9.17, 15) is 24.2 Å². The molecule has 0 bridgehead atoms. The number of imidazole rings is 1. The Bertz CT molecular complexity index is 1540. The standard InChI is InChI=1S/C35H44F2N4O6/c1-22(42)33(44)41(19-25-18-40(21-30(25)43)34(45)47-35(2,3)4)31(24-12-14-46-15-13-24)32-38-29(27-16-26(36)10-11-28(27)37)20-39(32)17-23-8-6-5-7-9-23/h5-11,16,20,22,24-25,30-31,42-43H,12-15,17-19,21H2,1-4H3/t22-,25?,30?,31?/m0/s1. The Balaban J connectivity index is 1.59. The Hall–Kier alpha value is -3.87. The van der Waals surface area contributed by atoms with Gasteiger partial charge >= 0.3 is 6.09 Å². The van der Waals surface area contributed by atoms with Crippen LogP contribution >= 0.6 is 0 Å². The Labute approximate surface area is 273 Å². The van der Waals surface area contributed by atoms with Crippen LogP contribution in [0.2, 0.25) is 0 Å². The van der Waals surface area contributed by atoms with Gasteiger partial charge in [-0.1, -0.05) is 30.3 Å². The summed E-state index contributed by atoms with van der Waals surface area (Å²) in [7, 11) is 0. The first-order valence-corrected chi connectivity index (χ1v) is 16.1. The van der Waals surface area contributed by atoms with E-state index < -0.39 is 53.4 Å². The number of aliphatic hydroxyl groups excluding tert-OH is 2. The maximum atomic E-state index is 15.1. The Morgan fingerprint density at radius 2 is 1.81 bits per heavy atom. The van der Waals surface area contributed by atoms with E-state index in [0.29, 0.717) is 38.4 Å². The average Bonchev–Trinajstić information content (AvgIpc) is 3.60. The van der Waals surface area contributed by atoms with Crippen LogP contribution < -0.4 is 0 Å². The summed E-state index contributed by atoms with van der Waals surface area (Å²) >= 11 is 0. The molecule has 5 rings (SSSR count). The Morgan fingerprint density at radius 3 is 2.47 bits per heavy atom. The predicted octanol–water partition coefficient (Wildman–Crippen LogP) is 4.78. The number of rotatable bonds is 9. The third-order valence-corrected chi connectivity index (χ3v) is 8.65. The zero-order chi connectivity index (χ0) is 33.9. The molecule has 0 saturated carbocycles. The SMILES string of the molecule is C[C@H](O)C(=O)N(CC1CN(C(=O)OC(C)(C)C)CC1O)C(c1nc(-c2cc(F)ccc2F)cn1Cc1ccccc1)C1CCOCC1. The molecule has 10 nitrogen and oxygen atoms in total. The molecule has 47 heavy (non-hydrogen) atoms. The van der Waals surface area contributed by atoms with Crippen molar-refractivity contribution >= 4 is 12.0 Å². The van der Waals surface area contributed by atoms with Gasteiger partial charge in [0.05, 0.1) is 24.4 Å². The molecule has 0 spiro atoms. The van der Waals surface area contributed by atoms with Crippen LogP contribution in [0.1, 0.15) is 58.0 Å². The fraction of sp³-hybridized carbons (Fsp3) is 0.514. The molecule has 3 unspecified atom stereocenters. The summed E-state index contributed by atoms with van der Waals surface area (Å²) in [6, 6.07) is 12.0. The molecule has 2 amide bonds. The summed E-state index contributed by atoms with van der Waals surface area (Å²) in [6.45, 7) is 8.07. The molecule has 2 N–H and O–H groups in total. The minimum Gasteiger partial charge on any atom is -0.444 e. The molecule has 254 valence electrons. The van der Waals surface area contributed by atoms with Crippen molar-refractivity contribution in [3.63, 3.8) is 0 Å². The fourth-order valence-corrected chi connectivity index (χ4v) is 6.38. The lowest BCUT2D eigenvalue weighted by atomic mass is 9.88. The first kappa shape index (κ1) is 34.5. The molecule has 0 aliphatic carbocycles. The predicted molar refractivity (Wildman–Crippen MR) is 170 cm³/mol. The van der Waals surface area contributed by atoms with E-state index in [2.05, 4.69) is 0 Å². The lowest BCUT2D eigenvalue weighted by Gasteiger charge is -2.40. The number of benzene rings is 2. The number of aromatic nitrogens is 2. The number of likely N-dealkylation sites (tertiary alicyclic amines) is 1. The zero-order valence-electron chi connectivity index (χ0n) is 27.3. The van der Waals surface area contributed by atoms with Gasteiger partial charge in [-0.15, -0.1) is 0 Å². The van der Waals surface area contributed by atoms with Crippen molar-refractivity contribution in [2.45, 2.75) is 70.9 Å². The van der Waals surface area contributed by atoms with E-state index in [0.717, 1.165) is 23.8 Å². The first-order valence-electron chi connectivity index (χ1n) is 16.1. The third kappa shape index (κ3) is 8.35. The van der Waals surface area contributed by atoms with Crippen LogP contribution in [0.5, 0.6) is 0 Å². The molecule has 12 heteroatoms. The topological polar surface area (TPSA) is 117 Å². The van der Waals surface area contributed by atoms with Crippen molar-refractivity contribution in [3.8, 4) is 11.3 Å². The molecule has 3 aromatic rings. The van der Waals surface area contributed by atoms with Crippen LogP contribution in [0.25, 0.3) is 11.3 Å². The van der Waals surface area contributed by atoms with Crippen LogP contribution in [-0.2, 0) is 20.8 Å². The van der Waals surface area contributed by atoms with Crippen molar-refractivity contribution < 1.29 is 38.1 Å². The van der Waals surface area contributed by atoms with E-state index in [1.165, 1.54) is 11.8 Å². The highest BCUT2D eigenvalue weighted by Crippen LogP contribution is 2.38. The van der Waals surface area contributed by atoms with E-state index in [1.807, 2.05) is 34.9 Å². The molecular weight excluding hydrogens is 610 g/mol. The van der Waals surface area contributed by atoms with Crippen molar-refractivity contribution in [1.82, 2.24) is 19.4 Å². The molecule has 2 aromatic carbocycles. The van der Waals surface area contributed by atoms with Crippen LogP contribution in [0, 0.1) is 23.5 Å². The van der Waals surface area contributed by atoms with E-state index in [-0.39, 0.29) is 36.8 Å². The fourth-order valence-electron chi connectivity index (χ4n) is 6.38. The summed E-state index contributed by atoms with van der Waals surface area (Å²) in [4.78, 5) is 34.7. The van der Waals surface area contributed by atoms with Gasteiger partial charge in [-0.3, -0.25) is 4.79 Å². The lowest BCUT2D eigenvalue weighted by molar-refractivity contribution is -0.145. The van der Waals surface area contributed by atoms with Crippen molar-refractivity contribution in [1.29, 1.82) is 0 Å². The van der Waals surface area contributed by atoms with Gasteiger partial charge in [-0.2, -0.15) is 0 Å². The number of β-amino-alcohol motifs (C(OH)–C–C–N with tert-alkyl or cyclic N) is 1. The number of nitrogens with zero attached hydrogens (tertiary/aromatic N) is 4. The number of amides is 2. The molecule has 3 heterocycles. The summed E-state index contributed by atoms with van der Waals surface area (Å²) in [5.41, 5.74) is 0.385. The molecule has 0 radical (unpaired) electrons. The Kier molecular flexibility index (Phi) is 10.6. The van der Waals surface area contributed by atoms with Crippen LogP contribution in [0.3, 0.4) is 0 Å². The van der Waals surface area contributed by atoms with Crippen molar-refractivity contribution in [2.24, 2.45) is 11.8 Å². The van der Waals surface area contributed by atoms with Crippen molar-refractivity contribution in [2.75, 3.05) is 32.8 Å². The number of ether oxygens (including phenoxy) is 2. The molecule has 4 atom stereocenters. The largest absolute Gasteiger partial charge is 0.444 e. The van der Waals surface area contributed by atoms with E-state index >= 15 is 4.39 Å². The second-order valence-corrected chi connectivity index (χ2v) is 13.5. The van der Waals surface area contributed by atoms with Gasteiger partial charge in [0.1, 0.15) is 29.2 Å². The Morgan fingerprint density at radius 1 is 1.11 bits per heavy atom. The number of hydrogen-bond donors (Lipinski definition) is 2. The molecule has 2 fully saturated rings. The maximum absolute atomic E-state index is 15.1. The van der Waals surface area contributed by atoms with Crippen molar-refractivity contribution in [3.05, 3.63) is 77.8 Å². The number of halogens is 2. The van der Waals surface area contributed by atoms with Gasteiger partial charge in [0.2, 0.25) is 0 Å². The highest BCUT2D eigenvalue weighted by molar-refractivity contribution is 5.81. The number of aliphatic hydroxyl groups is 2. The highest BCUT2D eigenvalue weighted by atomic mass is 19.1. The summed E-state index contributed by atoms with van der Waals surface area (Å²) in [5.74, 6) is -2.11. The molecular formula is C35H44F2N4O6. The normalized spacial score (nSPS) is 20.2. The zero-order valence-corrected chi connectivity index (χ0v) is 27.3. The molecule has 2 aliphatic rings. The molecule has 2 saturated heterocycles. The smallest absolute Gasteiger partial charge is 0.410 e. The first-order chi connectivity index (χ1) is 22.3. The van der Waals surface area contributed by atoms with Gasteiger partial charge in [-0.25, -0.2) is 18.6 Å². The quantitative estimate of drug-likeness (QED) is 0.341. The minimum absolute atomic E-state index is 0.00801. The van der Waals surface area contributed by atoms with E-state index in [4.69, 9.17) is 14.5 Å². The summed E-state index contributed by atoms with van der Waals surface area (Å²) in [5, 5.41) is 21.8. The van der Waals surface area contributed by atoms with Gasteiger partial charge < -0.3 is 34.1 Å². The number of carbonyl (C=O) groups is 2. The van der Waals surface area contributed by atoms with Crippen LogP contribution in [0.15, 0.2) is 54.7 Å². The van der Waals surface area contributed by atoms with Gasteiger partial charge in [0.15, 0.2) is 0 Å². The summed E-state index contributed by atoms with van der Waals surface area (Å²) < 4.78 is 42.5. The minimum atomic E-state index is -1.38. The van der Waals surface area contributed by atoms with Gasteiger partial charge in [0.25, 0.3) is 5.91 Å². The molecule has 2 aliphatic heterocycles. The van der Waals surface area contributed by atoms with Crippen LogP contribution in [-0.4, -0.2) is 92.2 Å². The van der Waals surface area contributed by atoms with E-state index in [1.54, 1.807) is 31.9 Å². The second-order valence-electron chi connectivity index (χ2n) is 13.5.